The zero-order chi connectivity index (χ0) is 0. The molecule has 0 N–H and O–H groups in total. The predicted octanol–water partition coefficient (Wildman–Crippen LogP) is -5.12. The van der Waals surface area contributed by atoms with Gasteiger partial charge in [-0.3, -0.25) is 0 Å². The van der Waals surface area contributed by atoms with Gasteiger partial charge in [-0.2, -0.15) is 0 Å². The molecule has 0 saturated heterocycles. The van der Waals surface area contributed by atoms with Crippen LogP contribution in [0.15, 0.2) is 0 Å². The molecule has 0 amide bonds. The molecule has 0 saturated carbocycles. The number of hydrogen-bond donors (Lipinski definition) is 0. The van der Waals surface area contributed by atoms with Gasteiger partial charge in [0, 0.05) is 36.5 Å². The molecule has 0 aliphatic heterocycles. The summed E-state index contributed by atoms with van der Waals surface area (Å²) < 4.78 is 0. The van der Waals surface area contributed by atoms with E-state index in [0.717, 1.165) is 0 Å². The summed E-state index contributed by atoms with van der Waals surface area (Å²) in [7, 11) is 0. The summed E-state index contributed by atoms with van der Waals surface area (Å²) in [6, 6.07) is 0. The maximum Gasteiger partial charge on any atom is 0 e. The van der Waals surface area contributed by atoms with Gasteiger partial charge in [-0.25, -0.2) is 0 Å². The molecule has 3 radical (unpaired) electrons. The molecule has 0 aromatic carbocycles. The van der Waals surface area contributed by atoms with Crippen LogP contribution in [0.1, 0.15) is 0 Å². The molecule has 0 rings (SSSR count). The van der Waals surface area contributed by atoms with Crippen molar-refractivity contribution < 1.29 is 36.5 Å². The van der Waals surface area contributed by atoms with Crippen molar-refractivity contribution >= 4 is 128 Å². The second-order valence-corrected chi connectivity index (χ2v) is 0. The van der Waals surface area contributed by atoms with Gasteiger partial charge in [-0.1, -0.05) is 0 Å². The molecule has 0 unspecified atom stereocenters. The van der Waals surface area contributed by atoms with E-state index in [1.807, 2.05) is 0 Å². The molecule has 0 heterocycles. The first kappa shape index (κ1) is 55.5. The first-order chi connectivity index (χ1) is 0. The van der Waals surface area contributed by atoms with Crippen LogP contribution in [0.25, 0.3) is 0 Å². The fourth-order valence-electron chi connectivity index (χ4n) is 0. The summed E-state index contributed by atoms with van der Waals surface area (Å²) >= 11 is 0. The Kier molecular flexibility index (Phi) is 336. The fraction of sp³-hybridized carbons (Fsp3) is 0. The van der Waals surface area contributed by atoms with Crippen LogP contribution in [-0.4, -0.2) is 128 Å². The Balaban J connectivity index is 0. The first-order valence-corrected chi connectivity index (χ1v) is 0. The van der Waals surface area contributed by atoms with Crippen LogP contribution < -0.4 is 0 Å². The van der Waals surface area contributed by atoms with E-state index in [2.05, 4.69) is 0 Å². The van der Waals surface area contributed by atoms with Crippen LogP contribution in [0.4, 0.5) is 0 Å². The monoisotopic (exact) mass is 457 g/mol. The van der Waals surface area contributed by atoms with Gasteiger partial charge in [-0.05, 0) is 0 Å². The van der Waals surface area contributed by atoms with Crippen molar-refractivity contribution in [3.8, 4) is 0 Å². The summed E-state index contributed by atoms with van der Waals surface area (Å²) in [5.74, 6) is 0. The largest absolute Gasteiger partial charge is 0 e. The van der Waals surface area contributed by atoms with Gasteiger partial charge in [0.05, 0.1) is 0 Å². The van der Waals surface area contributed by atoms with Gasteiger partial charge in [0.2, 0.25) is 0 Å². The Hall–Kier alpha value is 5.37. The fourth-order valence-corrected chi connectivity index (χ4v) is 0. The molecule has 0 bridgehead atoms. The number of hydrogen-bond acceptors (Lipinski definition) is 0. The van der Waals surface area contributed by atoms with Crippen LogP contribution >= 0.6 is 0 Å². The van der Waals surface area contributed by atoms with Crippen molar-refractivity contribution in [2.24, 2.45) is 0 Å². The summed E-state index contributed by atoms with van der Waals surface area (Å²) in [5.41, 5.74) is 0. The van der Waals surface area contributed by atoms with Crippen LogP contribution in [0, 0.1) is 0 Å². The summed E-state index contributed by atoms with van der Waals surface area (Å²) in [6.45, 7) is 0. The van der Waals surface area contributed by atoms with Gasteiger partial charge in [0.15, 0.2) is 17.4 Å². The van der Waals surface area contributed by atoms with E-state index in [4.69, 9.17) is 0 Å². The topological polar surface area (TPSA) is 0 Å². The van der Waals surface area contributed by atoms with E-state index >= 15 is 0 Å². The average molecular weight is 457 g/mol. The third kappa shape index (κ3) is 34.6. The van der Waals surface area contributed by atoms with E-state index in [0.29, 0.717) is 0 Å². The van der Waals surface area contributed by atoms with E-state index in [9.17, 15) is 0 Å². The molecule has 0 nitrogen and oxygen atoms in total. The van der Waals surface area contributed by atoms with E-state index < -0.39 is 0 Å². The second-order valence-electron chi connectivity index (χ2n) is 0. The molecule has 35 valence electrons. The Morgan fingerprint density at radius 2 is 1.00 bits per heavy atom. The molecule has 0 atom stereocenters. The molecule has 7 heteroatoms. The van der Waals surface area contributed by atoms with Gasteiger partial charge in [0.25, 0.3) is 0 Å². The molecule has 0 aliphatic rings. The molecular weight excluding hydrogens is 445 g/mol. The molecular formula is H12AlCaInMgMnSnZn. The van der Waals surface area contributed by atoms with Crippen molar-refractivity contribution in [1.29, 1.82) is 0 Å². The Morgan fingerprint density at radius 3 is 1.00 bits per heavy atom. The van der Waals surface area contributed by atoms with Gasteiger partial charge < -0.3 is 0 Å². The Bertz CT molecular complexity index is 19.7. The predicted molar refractivity (Wildman–Crippen MR) is 45.5 cm³/mol. The zero-order valence-electron chi connectivity index (χ0n) is 1.79. The van der Waals surface area contributed by atoms with Gasteiger partial charge in [0.1, 0.15) is 0 Å². The molecule has 0 aromatic rings. The third-order valence-electron chi connectivity index (χ3n) is 0. The Labute approximate surface area is 160 Å². The van der Waals surface area contributed by atoms with Crippen molar-refractivity contribution in [2.45, 2.75) is 0 Å². The SMILES string of the molecule is [AlH3].[CaH2].[InH3].[MgH2].[Mn].[SnH2].[Zn]. The molecule has 7 heavy (non-hydrogen) atoms. The van der Waals surface area contributed by atoms with E-state index in [1.54, 1.807) is 0 Å². The normalized spacial score (nSPS) is 0. The average Bonchev–Trinajstić information content (AvgIpc) is 0. The quantitative estimate of drug-likeness (QED) is 0.320. The second kappa shape index (κ2) is 42.4. The smallest absolute Gasteiger partial charge is 0 e. The van der Waals surface area contributed by atoms with Crippen molar-refractivity contribution in [3.63, 3.8) is 0 Å². The van der Waals surface area contributed by atoms with Crippen LogP contribution in [0.2, 0.25) is 0 Å². The van der Waals surface area contributed by atoms with Crippen molar-refractivity contribution in [2.75, 3.05) is 0 Å². The summed E-state index contributed by atoms with van der Waals surface area (Å²) in [4.78, 5) is 0. The minimum Gasteiger partial charge on any atom is 0 e. The molecule has 0 aromatic heterocycles. The number of rotatable bonds is 0. The standard InChI is InChI=1S/Al.Ca.In.Mg.Mn.Sn.Zn.12H. The maximum absolute atomic E-state index is 0. The minimum atomic E-state index is 0. The first-order valence-electron chi connectivity index (χ1n) is 0. The van der Waals surface area contributed by atoms with Crippen molar-refractivity contribution in [1.82, 2.24) is 0 Å². The zero-order valence-corrected chi connectivity index (χ0v) is 9.98. The van der Waals surface area contributed by atoms with Crippen LogP contribution in [0.5, 0.6) is 0 Å². The Morgan fingerprint density at radius 1 is 1.00 bits per heavy atom. The molecule has 0 fully saturated rings. The van der Waals surface area contributed by atoms with Gasteiger partial charge >= 0.3 is 111 Å². The maximum atomic E-state index is 0. The molecule has 0 spiro atoms. The van der Waals surface area contributed by atoms with Crippen LogP contribution in [0.3, 0.4) is 0 Å². The molecule has 0 aliphatic carbocycles. The van der Waals surface area contributed by atoms with E-state index in [1.165, 1.54) is 0 Å². The van der Waals surface area contributed by atoms with E-state index in [-0.39, 0.29) is 164 Å². The van der Waals surface area contributed by atoms with Crippen LogP contribution in [-0.2, 0) is 36.5 Å². The minimum absolute atomic E-state index is 0. The summed E-state index contributed by atoms with van der Waals surface area (Å²) in [6.07, 6.45) is 0. The third-order valence-corrected chi connectivity index (χ3v) is 0. The summed E-state index contributed by atoms with van der Waals surface area (Å²) in [5, 5.41) is 0. The van der Waals surface area contributed by atoms with Gasteiger partial charge in [-0.15, -0.1) is 0 Å². The van der Waals surface area contributed by atoms with Crippen molar-refractivity contribution in [3.05, 3.63) is 0 Å².